The molecule has 2 heteroatoms. The zero-order valence-corrected chi connectivity index (χ0v) is 12.5. The van der Waals surface area contributed by atoms with E-state index in [2.05, 4.69) is 48.5 Å². The highest BCUT2D eigenvalue weighted by Crippen LogP contribution is 2.21. The summed E-state index contributed by atoms with van der Waals surface area (Å²) in [5, 5.41) is 3.55. The molecule has 106 valence electrons. The molecule has 0 spiro atoms. The highest BCUT2D eigenvalue weighted by atomic mass is 15.1. The van der Waals surface area contributed by atoms with Gasteiger partial charge in [-0.1, -0.05) is 44.0 Å². The van der Waals surface area contributed by atoms with Gasteiger partial charge in [0, 0.05) is 25.7 Å². The van der Waals surface area contributed by atoms with Gasteiger partial charge < -0.3 is 10.2 Å². The van der Waals surface area contributed by atoms with Gasteiger partial charge >= 0.3 is 0 Å². The fourth-order valence-corrected chi connectivity index (χ4v) is 2.91. The van der Waals surface area contributed by atoms with Gasteiger partial charge in [0.25, 0.3) is 0 Å². The second-order valence-corrected chi connectivity index (χ2v) is 5.77. The lowest BCUT2D eigenvalue weighted by Crippen LogP contribution is -2.35. The molecule has 0 aromatic heterocycles. The molecular formula is C17H28N2. The molecule has 1 aliphatic carbocycles. The molecule has 1 aromatic carbocycles. The van der Waals surface area contributed by atoms with Crippen LogP contribution in [0.1, 0.15) is 43.7 Å². The van der Waals surface area contributed by atoms with E-state index >= 15 is 0 Å². The van der Waals surface area contributed by atoms with Crippen molar-refractivity contribution in [2.24, 2.45) is 0 Å². The van der Waals surface area contributed by atoms with Crippen LogP contribution < -0.4 is 5.32 Å². The van der Waals surface area contributed by atoms with Crippen molar-refractivity contribution in [3.8, 4) is 0 Å². The van der Waals surface area contributed by atoms with Crippen molar-refractivity contribution in [3.63, 3.8) is 0 Å². The monoisotopic (exact) mass is 260 g/mol. The molecule has 0 radical (unpaired) electrons. The van der Waals surface area contributed by atoms with Gasteiger partial charge in [0.15, 0.2) is 0 Å². The maximum atomic E-state index is 3.55. The molecule has 2 rings (SSSR count). The number of benzene rings is 1. The largest absolute Gasteiger partial charge is 0.311 e. The average Bonchev–Trinajstić information content (AvgIpc) is 2.98. The molecule has 0 atom stereocenters. The predicted octanol–water partition coefficient (Wildman–Crippen LogP) is 3.21. The highest BCUT2D eigenvalue weighted by Gasteiger charge is 2.18. The molecule has 0 amide bonds. The Morgan fingerprint density at radius 3 is 2.37 bits per heavy atom. The molecule has 0 aliphatic heterocycles. The minimum Gasteiger partial charge on any atom is -0.311 e. The van der Waals surface area contributed by atoms with Crippen molar-refractivity contribution < 1.29 is 0 Å². The summed E-state index contributed by atoms with van der Waals surface area (Å²) in [6.45, 7) is 5.44. The van der Waals surface area contributed by atoms with E-state index in [9.17, 15) is 0 Å². The molecule has 0 saturated heterocycles. The predicted molar refractivity (Wildman–Crippen MR) is 82.4 cm³/mol. The van der Waals surface area contributed by atoms with E-state index < -0.39 is 0 Å². The van der Waals surface area contributed by atoms with Gasteiger partial charge in [-0.05, 0) is 37.4 Å². The summed E-state index contributed by atoms with van der Waals surface area (Å²) < 4.78 is 0. The molecule has 1 aliphatic rings. The number of nitrogens with one attached hydrogen (secondary N) is 1. The molecule has 1 N–H and O–H groups in total. The van der Waals surface area contributed by atoms with E-state index in [0.29, 0.717) is 0 Å². The van der Waals surface area contributed by atoms with Gasteiger partial charge in [-0.25, -0.2) is 0 Å². The van der Waals surface area contributed by atoms with Gasteiger partial charge in [0.2, 0.25) is 0 Å². The average molecular weight is 260 g/mol. The van der Waals surface area contributed by atoms with Crippen LogP contribution in [-0.2, 0) is 13.0 Å². The van der Waals surface area contributed by atoms with Crippen LogP contribution >= 0.6 is 0 Å². The van der Waals surface area contributed by atoms with E-state index in [1.807, 2.05) is 0 Å². The first kappa shape index (κ1) is 14.5. The van der Waals surface area contributed by atoms with Crippen molar-refractivity contribution in [2.75, 3.05) is 20.1 Å². The Balaban J connectivity index is 1.62. The number of aryl methyl sites for hydroxylation is 1. The van der Waals surface area contributed by atoms with Crippen LogP contribution in [0.25, 0.3) is 0 Å². The Morgan fingerprint density at radius 2 is 1.74 bits per heavy atom. The van der Waals surface area contributed by atoms with Crippen LogP contribution in [0.5, 0.6) is 0 Å². The van der Waals surface area contributed by atoms with E-state index in [1.54, 1.807) is 0 Å². The van der Waals surface area contributed by atoms with Crippen molar-refractivity contribution >= 4 is 0 Å². The van der Waals surface area contributed by atoms with Crippen molar-refractivity contribution in [3.05, 3.63) is 35.4 Å². The summed E-state index contributed by atoms with van der Waals surface area (Å²) in [5.74, 6) is 0. The normalized spacial score (nSPS) is 16.4. The van der Waals surface area contributed by atoms with E-state index in [4.69, 9.17) is 0 Å². The Bertz CT molecular complexity index is 352. The van der Waals surface area contributed by atoms with Gasteiger partial charge in [-0.2, -0.15) is 0 Å². The second kappa shape index (κ2) is 7.66. The Hall–Kier alpha value is -0.860. The second-order valence-electron chi connectivity index (χ2n) is 5.77. The number of nitrogens with zero attached hydrogens (tertiary/aromatic N) is 1. The van der Waals surface area contributed by atoms with Crippen molar-refractivity contribution in [1.82, 2.24) is 10.2 Å². The van der Waals surface area contributed by atoms with E-state index in [0.717, 1.165) is 32.1 Å². The fourth-order valence-electron chi connectivity index (χ4n) is 2.91. The van der Waals surface area contributed by atoms with Crippen LogP contribution in [0.15, 0.2) is 24.3 Å². The molecule has 1 aromatic rings. The van der Waals surface area contributed by atoms with Crippen LogP contribution in [0.3, 0.4) is 0 Å². The fraction of sp³-hybridized carbons (Fsp3) is 0.647. The summed E-state index contributed by atoms with van der Waals surface area (Å²) in [5.41, 5.74) is 2.81. The Morgan fingerprint density at radius 1 is 1.11 bits per heavy atom. The van der Waals surface area contributed by atoms with Crippen LogP contribution in [0, 0.1) is 0 Å². The van der Waals surface area contributed by atoms with Crippen LogP contribution in [-0.4, -0.2) is 31.1 Å². The third-order valence-corrected chi connectivity index (χ3v) is 4.35. The first-order valence-electron chi connectivity index (χ1n) is 7.78. The highest BCUT2D eigenvalue weighted by molar-refractivity contribution is 5.22. The molecule has 19 heavy (non-hydrogen) atoms. The van der Waals surface area contributed by atoms with Gasteiger partial charge in [0.05, 0.1) is 0 Å². The SMILES string of the molecule is CCc1ccc(CNCCN(C)C2CCCC2)cc1. The summed E-state index contributed by atoms with van der Waals surface area (Å²) in [7, 11) is 2.27. The van der Waals surface area contributed by atoms with Crippen molar-refractivity contribution in [2.45, 2.75) is 51.6 Å². The summed E-state index contributed by atoms with van der Waals surface area (Å²) in [4.78, 5) is 2.53. The Labute approximate surface area is 118 Å². The number of hydrogen-bond acceptors (Lipinski definition) is 2. The van der Waals surface area contributed by atoms with Gasteiger partial charge in [0.1, 0.15) is 0 Å². The summed E-state index contributed by atoms with van der Waals surface area (Å²) >= 11 is 0. The summed E-state index contributed by atoms with van der Waals surface area (Å²) in [6, 6.07) is 9.80. The maximum Gasteiger partial charge on any atom is 0.0206 e. The van der Waals surface area contributed by atoms with Crippen LogP contribution in [0.4, 0.5) is 0 Å². The lowest BCUT2D eigenvalue weighted by Gasteiger charge is -2.24. The van der Waals surface area contributed by atoms with Gasteiger partial charge in [-0.3, -0.25) is 0 Å². The van der Waals surface area contributed by atoms with Crippen molar-refractivity contribution in [1.29, 1.82) is 0 Å². The molecule has 0 unspecified atom stereocenters. The quantitative estimate of drug-likeness (QED) is 0.757. The maximum absolute atomic E-state index is 3.55. The summed E-state index contributed by atoms with van der Waals surface area (Å²) in [6.07, 6.45) is 6.77. The third kappa shape index (κ3) is 4.63. The van der Waals surface area contributed by atoms with E-state index in [-0.39, 0.29) is 0 Å². The standard InChI is InChI=1S/C17H28N2/c1-3-15-8-10-16(11-9-15)14-18-12-13-19(2)17-6-4-5-7-17/h8-11,17-18H,3-7,12-14H2,1-2H3. The van der Waals surface area contributed by atoms with Gasteiger partial charge in [-0.15, -0.1) is 0 Å². The Kier molecular flexibility index (Phi) is 5.87. The lowest BCUT2D eigenvalue weighted by atomic mass is 10.1. The smallest absolute Gasteiger partial charge is 0.0206 e. The zero-order valence-electron chi connectivity index (χ0n) is 12.5. The number of likely N-dealkylation sites (N-methyl/N-ethyl adjacent to an activating group) is 1. The molecule has 1 fully saturated rings. The third-order valence-electron chi connectivity index (χ3n) is 4.35. The molecular weight excluding hydrogens is 232 g/mol. The first-order valence-corrected chi connectivity index (χ1v) is 7.78. The van der Waals surface area contributed by atoms with Crippen LogP contribution in [0.2, 0.25) is 0 Å². The molecule has 2 nitrogen and oxygen atoms in total. The number of hydrogen-bond donors (Lipinski definition) is 1. The molecule has 0 bridgehead atoms. The lowest BCUT2D eigenvalue weighted by molar-refractivity contribution is 0.245. The topological polar surface area (TPSA) is 15.3 Å². The number of rotatable bonds is 7. The minimum absolute atomic E-state index is 0.839. The molecule has 0 heterocycles. The van der Waals surface area contributed by atoms with E-state index in [1.165, 1.54) is 36.8 Å². The minimum atomic E-state index is 0.839. The zero-order chi connectivity index (χ0) is 13.5. The first-order chi connectivity index (χ1) is 9.29. The molecule has 1 saturated carbocycles.